The van der Waals surface area contributed by atoms with Crippen LogP contribution in [0.2, 0.25) is 0 Å². The lowest BCUT2D eigenvalue weighted by molar-refractivity contribution is -0.430. The average molecular weight is 208 g/mol. The van der Waals surface area contributed by atoms with Gasteiger partial charge in [-0.1, -0.05) is 13.8 Å². The molecule has 0 saturated carbocycles. The number of ether oxygens (including phenoxy) is 1. The van der Waals surface area contributed by atoms with Crippen molar-refractivity contribution in [2.24, 2.45) is 5.92 Å². The molecule has 0 aromatic carbocycles. The van der Waals surface area contributed by atoms with Crippen LogP contribution in [0.15, 0.2) is 11.8 Å². The Labute approximate surface area is 80.5 Å². The zero-order chi connectivity index (χ0) is 10.4. The number of nitro groups is 1. The summed E-state index contributed by atoms with van der Waals surface area (Å²) >= 11 is 4.85. The van der Waals surface area contributed by atoms with Crippen molar-refractivity contribution in [2.75, 3.05) is 6.61 Å². The van der Waals surface area contributed by atoms with Crippen LogP contribution in [-0.4, -0.2) is 17.0 Å². The van der Waals surface area contributed by atoms with Crippen LogP contribution in [0.1, 0.15) is 13.8 Å². The predicted molar refractivity (Wildman–Crippen MR) is 47.1 cm³/mol. The third-order valence-corrected chi connectivity index (χ3v) is 1.20. The number of hydrogen-bond acceptors (Lipinski definition) is 4. The average Bonchev–Trinajstić information content (AvgIpc) is 1.96. The first-order valence-electron chi connectivity index (χ1n) is 3.60. The molecule has 0 rings (SSSR count). The van der Waals surface area contributed by atoms with Crippen LogP contribution in [0.4, 0.5) is 4.79 Å². The second-order valence-electron chi connectivity index (χ2n) is 2.69. The minimum atomic E-state index is -1.04. The summed E-state index contributed by atoms with van der Waals surface area (Å²) in [5, 5.41) is 10.4. The van der Waals surface area contributed by atoms with Crippen LogP contribution in [0.5, 0.6) is 0 Å². The van der Waals surface area contributed by atoms with Crippen molar-refractivity contribution in [3.05, 3.63) is 21.9 Å². The topological polar surface area (TPSA) is 69.4 Å². The van der Waals surface area contributed by atoms with Crippen molar-refractivity contribution in [3.8, 4) is 0 Å². The third kappa shape index (κ3) is 6.10. The van der Waals surface area contributed by atoms with Crippen LogP contribution in [0.3, 0.4) is 0 Å². The first kappa shape index (κ1) is 11.9. The Morgan fingerprint density at radius 3 is 2.54 bits per heavy atom. The first-order chi connectivity index (χ1) is 5.93. The normalized spacial score (nSPS) is 11.5. The third-order valence-electron chi connectivity index (χ3n) is 1.09. The molecule has 0 aliphatic rings. The largest absolute Gasteiger partial charge is 0.442 e. The first-order valence-corrected chi connectivity index (χ1v) is 3.98. The molecule has 0 bridgehead atoms. The van der Waals surface area contributed by atoms with Crippen molar-refractivity contribution in [1.29, 1.82) is 0 Å². The summed E-state index contributed by atoms with van der Waals surface area (Å²) in [6, 6.07) is 0. The van der Waals surface area contributed by atoms with Crippen molar-refractivity contribution in [2.45, 2.75) is 13.8 Å². The molecule has 0 heterocycles. The van der Waals surface area contributed by atoms with E-state index in [2.05, 4.69) is 4.74 Å². The molecular formula is C7H10ClNO4. The lowest BCUT2D eigenvalue weighted by Crippen LogP contribution is -2.09. The number of rotatable bonds is 4. The van der Waals surface area contributed by atoms with Gasteiger partial charge < -0.3 is 4.74 Å². The number of allylic oxidation sites excluding steroid dienone is 1. The van der Waals surface area contributed by atoms with Gasteiger partial charge in [0.25, 0.3) is 5.70 Å². The molecule has 0 aromatic heterocycles. The SMILES string of the molecule is CC(C)/C=C(\COC(=O)Cl)[N+](=O)[O-]. The molecular weight excluding hydrogens is 198 g/mol. The number of halogens is 1. The predicted octanol–water partition coefficient (Wildman–Crippen LogP) is 2.18. The molecule has 0 aromatic rings. The summed E-state index contributed by atoms with van der Waals surface area (Å²) in [6.07, 6.45) is 1.40. The Kier molecular flexibility index (Phi) is 5.06. The Balaban J connectivity index is 4.27. The van der Waals surface area contributed by atoms with Gasteiger partial charge in [0.05, 0.1) is 4.92 Å². The van der Waals surface area contributed by atoms with Gasteiger partial charge in [-0.15, -0.1) is 0 Å². The molecule has 6 heteroatoms. The molecule has 0 aliphatic heterocycles. The molecule has 0 amide bonds. The van der Waals surface area contributed by atoms with Gasteiger partial charge in [0.1, 0.15) is 0 Å². The van der Waals surface area contributed by atoms with E-state index in [1.165, 1.54) is 6.08 Å². The van der Waals surface area contributed by atoms with Crippen molar-refractivity contribution in [3.63, 3.8) is 0 Å². The van der Waals surface area contributed by atoms with E-state index < -0.39 is 17.0 Å². The summed E-state index contributed by atoms with van der Waals surface area (Å²) in [5.74, 6) is 0.0226. The maximum absolute atomic E-state index is 10.4. The van der Waals surface area contributed by atoms with Gasteiger partial charge in [-0.2, -0.15) is 0 Å². The molecule has 0 unspecified atom stereocenters. The van der Waals surface area contributed by atoms with E-state index in [4.69, 9.17) is 11.6 Å². The second-order valence-corrected chi connectivity index (χ2v) is 2.99. The Morgan fingerprint density at radius 2 is 2.23 bits per heavy atom. The summed E-state index contributed by atoms with van der Waals surface area (Å²) in [6.45, 7) is 3.17. The van der Waals surface area contributed by atoms with Gasteiger partial charge in [-0.25, -0.2) is 4.79 Å². The van der Waals surface area contributed by atoms with Crippen molar-refractivity contribution in [1.82, 2.24) is 0 Å². The van der Waals surface area contributed by atoms with E-state index >= 15 is 0 Å². The smallest absolute Gasteiger partial charge is 0.404 e. The standard InChI is InChI=1S/C7H10ClNO4/c1-5(2)3-6(9(11)12)4-13-7(8)10/h3,5H,4H2,1-2H3/b6-3+. The molecule has 0 saturated heterocycles. The maximum Gasteiger partial charge on any atom is 0.404 e. The van der Waals surface area contributed by atoms with Gasteiger partial charge in [-0.3, -0.25) is 10.1 Å². The number of hydrogen-bond donors (Lipinski definition) is 0. The Hall–Kier alpha value is -1.10. The molecule has 13 heavy (non-hydrogen) atoms. The van der Waals surface area contributed by atoms with E-state index in [0.717, 1.165) is 0 Å². The highest BCUT2D eigenvalue weighted by Gasteiger charge is 2.13. The molecule has 0 spiro atoms. The van der Waals surface area contributed by atoms with E-state index in [0.29, 0.717) is 0 Å². The van der Waals surface area contributed by atoms with Crippen molar-refractivity contribution < 1.29 is 14.5 Å². The minimum absolute atomic E-state index is 0.0226. The zero-order valence-electron chi connectivity index (χ0n) is 7.32. The molecule has 0 radical (unpaired) electrons. The maximum atomic E-state index is 10.4. The van der Waals surface area contributed by atoms with E-state index in [-0.39, 0.29) is 11.6 Å². The monoisotopic (exact) mass is 207 g/mol. The quantitative estimate of drug-likeness (QED) is 0.403. The molecule has 5 nitrogen and oxygen atoms in total. The van der Waals surface area contributed by atoms with Crippen LogP contribution in [0, 0.1) is 16.0 Å². The van der Waals surface area contributed by atoms with Gasteiger partial charge in [0.15, 0.2) is 6.61 Å². The van der Waals surface area contributed by atoms with E-state index in [9.17, 15) is 14.9 Å². The van der Waals surface area contributed by atoms with E-state index in [1.54, 1.807) is 13.8 Å². The van der Waals surface area contributed by atoms with Crippen molar-refractivity contribution >= 4 is 17.0 Å². The van der Waals surface area contributed by atoms with Gasteiger partial charge in [-0.05, 0) is 12.0 Å². The van der Waals surface area contributed by atoms with Crippen LogP contribution in [0.25, 0.3) is 0 Å². The van der Waals surface area contributed by atoms with Gasteiger partial charge in [0.2, 0.25) is 0 Å². The highest BCUT2D eigenvalue weighted by Crippen LogP contribution is 2.04. The lowest BCUT2D eigenvalue weighted by Gasteiger charge is -2.00. The Bertz CT molecular complexity index is 237. The fourth-order valence-corrected chi connectivity index (χ4v) is 0.732. The number of carbonyl (C=O) groups excluding carboxylic acids is 1. The molecule has 0 atom stereocenters. The Morgan fingerprint density at radius 1 is 1.69 bits per heavy atom. The minimum Gasteiger partial charge on any atom is -0.442 e. The van der Waals surface area contributed by atoms with Gasteiger partial charge >= 0.3 is 5.43 Å². The summed E-state index contributed by atoms with van der Waals surface area (Å²) in [4.78, 5) is 19.9. The number of nitrogens with zero attached hydrogens (tertiary/aromatic N) is 1. The summed E-state index contributed by atoms with van der Waals surface area (Å²) in [5.41, 5.74) is -1.21. The fraction of sp³-hybridized carbons (Fsp3) is 0.571. The van der Waals surface area contributed by atoms with Crippen LogP contribution in [-0.2, 0) is 4.74 Å². The van der Waals surface area contributed by atoms with Crippen LogP contribution < -0.4 is 0 Å². The fourth-order valence-electron chi connectivity index (χ4n) is 0.677. The van der Waals surface area contributed by atoms with Crippen LogP contribution >= 0.6 is 11.6 Å². The van der Waals surface area contributed by atoms with Gasteiger partial charge in [0, 0.05) is 11.6 Å². The lowest BCUT2D eigenvalue weighted by atomic mass is 10.2. The van der Waals surface area contributed by atoms with E-state index in [1.807, 2.05) is 0 Å². The highest BCUT2D eigenvalue weighted by molar-refractivity contribution is 6.61. The summed E-state index contributed by atoms with van der Waals surface area (Å²) < 4.78 is 4.28. The highest BCUT2D eigenvalue weighted by atomic mass is 35.5. The molecule has 74 valence electrons. The molecule has 0 aliphatic carbocycles. The second kappa shape index (κ2) is 5.53. The zero-order valence-corrected chi connectivity index (χ0v) is 8.08. The molecule has 0 fully saturated rings. The molecule has 0 N–H and O–H groups in total. The summed E-state index contributed by atoms with van der Waals surface area (Å²) in [7, 11) is 0. The number of carbonyl (C=O) groups is 1.